The third kappa shape index (κ3) is 30.7. The lowest BCUT2D eigenvalue weighted by molar-refractivity contribution is -0.143. The Morgan fingerprint density at radius 2 is 1.44 bits per heavy atom. The van der Waals surface area contributed by atoms with Crippen LogP contribution in [0.25, 0.3) is 39.1 Å². The Morgan fingerprint density at radius 1 is 0.745 bits per heavy atom. The maximum atomic E-state index is 12.7. The number of hydrogen-bond acceptors (Lipinski definition) is 30. The molecule has 145 heavy (non-hydrogen) atoms. The molecule has 1 atom stereocenters. The monoisotopic (exact) mass is 2130 g/mol. The van der Waals surface area contributed by atoms with Gasteiger partial charge in [-0.3, -0.25) is 53.6 Å². The number of pyridine rings is 1. The van der Waals surface area contributed by atoms with E-state index in [0.717, 1.165) is 105 Å². The van der Waals surface area contributed by atoms with E-state index in [0.29, 0.717) is 167 Å². The summed E-state index contributed by atoms with van der Waals surface area (Å²) in [5.41, 5.74) is 12.3. The molecule has 0 spiro atoms. The lowest BCUT2D eigenvalue weighted by atomic mass is 10.0. The van der Waals surface area contributed by atoms with Gasteiger partial charge >= 0.3 is 23.5 Å². The molecule has 33 nitrogen and oxygen atoms in total. The van der Waals surface area contributed by atoms with Crippen LogP contribution >= 0.6 is 82.3 Å². The van der Waals surface area contributed by atoms with Gasteiger partial charge in [-0.2, -0.15) is 5.10 Å². The molecule has 2 aliphatic carbocycles. The molecular weight excluding hydrogens is 2020 g/mol. The second-order valence-electron chi connectivity index (χ2n) is 34.0. The van der Waals surface area contributed by atoms with Gasteiger partial charge in [-0.1, -0.05) is 98.2 Å². The summed E-state index contributed by atoms with van der Waals surface area (Å²) in [6.45, 7) is 14.8. The maximum absolute atomic E-state index is 12.7. The number of ketones is 1. The van der Waals surface area contributed by atoms with Crippen molar-refractivity contribution in [3.8, 4) is 51.6 Å². The van der Waals surface area contributed by atoms with Crippen LogP contribution < -0.4 is 50.0 Å². The van der Waals surface area contributed by atoms with Crippen molar-refractivity contribution in [3.05, 3.63) is 248 Å². The molecule has 1 unspecified atom stereocenters. The highest BCUT2D eigenvalue weighted by atomic mass is 35.5. The van der Waals surface area contributed by atoms with E-state index in [2.05, 4.69) is 46.1 Å². The summed E-state index contributed by atoms with van der Waals surface area (Å²) in [7, 11) is 4.20. The second-order valence-corrected chi connectivity index (χ2v) is 40.4. The molecule has 0 bridgehead atoms. The summed E-state index contributed by atoms with van der Waals surface area (Å²) in [5, 5.41) is 47.0. The van der Waals surface area contributed by atoms with Gasteiger partial charge < -0.3 is 68.3 Å². The Kier molecular flexibility index (Phi) is 41.8. The van der Waals surface area contributed by atoms with Crippen LogP contribution in [0.15, 0.2) is 165 Å². The van der Waals surface area contributed by atoms with Gasteiger partial charge in [0.15, 0.2) is 53.7 Å². The number of benzene rings is 7. The first kappa shape index (κ1) is 113. The van der Waals surface area contributed by atoms with Crippen LogP contribution in [0.2, 0.25) is 15.1 Å². The number of aliphatic carboxylic acids is 1. The number of thiophene rings is 1. The van der Waals surface area contributed by atoms with Crippen molar-refractivity contribution in [3.63, 3.8) is 0 Å². The van der Waals surface area contributed by atoms with E-state index in [1.807, 2.05) is 114 Å². The number of hydrogen-bond donors (Lipinski definition) is 7. The lowest BCUT2D eigenvalue weighted by Gasteiger charge is -2.30. The molecule has 0 radical (unpaired) electrons. The summed E-state index contributed by atoms with van der Waals surface area (Å²) < 4.78 is 74.0. The molecule has 3 amide bonds. The average molecular weight is 2140 g/mol. The Balaban J connectivity index is 0.000000167. The summed E-state index contributed by atoms with van der Waals surface area (Å²) in [6, 6.07) is 40.7. The number of imide groups is 1. The predicted octanol–water partition coefficient (Wildman–Crippen LogP) is 18.9. The molecule has 7 N–H and O–H groups in total. The van der Waals surface area contributed by atoms with Gasteiger partial charge in [0.05, 0.1) is 141 Å². The fourth-order valence-electron chi connectivity index (χ4n) is 15.9. The molecule has 5 aromatic heterocycles. The van der Waals surface area contributed by atoms with Crippen LogP contribution in [0, 0.1) is 37.4 Å². The number of fused-ring (bicyclic) bond motifs is 4. The van der Waals surface area contributed by atoms with Gasteiger partial charge in [-0.15, -0.1) is 11.3 Å². The van der Waals surface area contributed by atoms with Crippen LogP contribution in [0.1, 0.15) is 167 Å². The molecular formula is C104H114Cl3N11O22S5. The number of ether oxygens (including phenoxy) is 8. The number of thiocarbonyl (C=S) groups is 1. The third-order valence-electron chi connectivity index (χ3n) is 23.6. The first-order valence-electron chi connectivity index (χ1n) is 46.5. The summed E-state index contributed by atoms with van der Waals surface area (Å²) in [4.78, 5) is 115. The number of esters is 2. The van der Waals surface area contributed by atoms with E-state index in [1.165, 1.54) is 62.1 Å². The second kappa shape index (κ2) is 53.9. The van der Waals surface area contributed by atoms with E-state index >= 15 is 0 Å². The topological polar surface area (TPSA) is 442 Å². The number of carboxylic acid groups (broad SMARTS) is 1. The number of carbonyl (C=O) groups excluding carboxylic acids is 6. The Hall–Kier alpha value is -12.8. The number of aliphatic hydroxyl groups is 2. The number of amidine groups is 1. The standard InChI is InChI=1S/C21H21ClN2O5S.C19H27ClO4S.C19H21N3O4S.C16H17ClO5.C16H17N3O2S2.C13H11N3O2/c1-28-16-8-3-13(11-17(16)29-2)9-10-24-19(25)12-18(20(26)27)30-21(24)23-15-6-4-14(22)5-7-15;1-14(2)9-10-25(22,23)17-7-8-19(18(20)12-17)24-13-16(21)11-15-5-3-4-6-15;1-3-26-15-6-4-14(5-7-15)22-18(20-21-19(22)27)12-8-13(10-23)16(11-24)17(9-12)25-2;1-4-21-15(18)6-5-10-9(2)11-7-12(17)14(20-3)8-13(11)22-16(10)19;1-21-15(20)13-11-6-4-7-12(11)23-14(13)19-16(22)18-9-10-5-2-3-8-17-10;1-6-3-8-9(4-7(6)2)15-12-10(14-8)5-11(17)16-13(12)18/h3-8,11,18H,9-10,12H2,1-2H3,(H,26,27);7-8,12,14-15H,3-6,9-11,13H2,1-2H3;4-9,23-24H,3,10-11H2,1-2H3,(H,21,27);7-8H,4-6H2,1-3H3;2-3,5,8H,4,6-7,9H2,1H3,(H2,18,19,22);3-4H,5H2,1-2H3,(H,16,17,18). The highest BCUT2D eigenvalue weighted by Crippen LogP contribution is 2.42. The summed E-state index contributed by atoms with van der Waals surface area (Å²) in [6.07, 6.45) is 11.6. The fraction of sp³-hybridized carbons (Fsp3) is 0.356. The van der Waals surface area contributed by atoms with E-state index in [1.54, 1.807) is 91.8 Å². The minimum atomic E-state index is -3.35. The Labute approximate surface area is 872 Å². The number of anilines is 1. The average Bonchev–Trinajstić information content (AvgIpc) is 1.63. The number of halogens is 3. The van der Waals surface area contributed by atoms with Crippen molar-refractivity contribution >= 4 is 177 Å². The first-order chi connectivity index (χ1) is 69.5. The van der Waals surface area contributed by atoms with Crippen molar-refractivity contribution in [1.82, 2.24) is 45.2 Å². The van der Waals surface area contributed by atoms with Gasteiger partial charge in [0, 0.05) is 63.6 Å². The number of rotatable bonds is 32. The number of aliphatic imine (C=N–C) groups is 1. The number of nitrogens with zero attached hydrogens (tertiary/aromatic N) is 7. The molecule has 12 aromatic rings. The molecule has 2 fully saturated rings. The molecule has 4 aliphatic rings. The van der Waals surface area contributed by atoms with Crippen LogP contribution in [0.5, 0.6) is 34.5 Å². The molecule has 7 aromatic carbocycles. The van der Waals surface area contributed by atoms with Gasteiger partial charge in [-0.25, -0.2) is 33.0 Å². The zero-order valence-corrected chi connectivity index (χ0v) is 88.4. The number of carbonyl (C=O) groups is 7. The van der Waals surface area contributed by atoms with Crippen molar-refractivity contribution in [2.75, 3.05) is 73.0 Å². The van der Waals surface area contributed by atoms with Gasteiger partial charge in [-0.05, 0) is 264 Å². The number of aliphatic hydroxyl groups excluding tert-OH is 2. The zero-order chi connectivity index (χ0) is 105. The Morgan fingerprint density at radius 3 is 2.08 bits per heavy atom. The predicted molar refractivity (Wildman–Crippen MR) is 565 cm³/mol. The summed E-state index contributed by atoms with van der Waals surface area (Å²) >= 11 is 31.6. The number of amides is 3. The van der Waals surface area contributed by atoms with Crippen LogP contribution in [-0.4, -0.2) is 183 Å². The normalized spacial score (nSPS) is 13.8. The molecule has 41 heteroatoms. The van der Waals surface area contributed by atoms with Gasteiger partial charge in [0.1, 0.15) is 45.4 Å². The smallest absolute Gasteiger partial charge is 0.341 e. The number of thioether (sulfide) groups is 1. The Bertz CT molecular complexity index is 6930. The SMILES string of the molecule is CC(C)CCS(=O)(=O)c1ccc(OCC(=O)CC2CCCC2)c(Cl)c1.CCOC(=O)CCc1c(C)c2cc(Cl)c(OC)cc2oc1=O.CCOc1ccc(-n2c(-c3cc(CO)c(CO)c(OC)c3)n[nH]c2=S)cc1.COC(=O)c1c(NC(=S)NCc2ccccn2)sc2c1CCC2.COc1ccc(CCN2C(=O)CC(C(=O)O)SC2=Nc2ccc(Cl)cc2)cc1OC.Cc1cc2nc3c(nc2cc1C)C(=O)NC(=O)C3. The van der Waals surface area contributed by atoms with Crippen molar-refractivity contribution in [1.29, 1.82) is 0 Å². The fourth-order valence-corrected chi connectivity index (χ4v) is 21.0. The first-order valence-corrected chi connectivity index (χ1v) is 51.8. The molecule has 768 valence electrons. The molecule has 2 aliphatic heterocycles. The highest BCUT2D eigenvalue weighted by Gasteiger charge is 2.37. The summed E-state index contributed by atoms with van der Waals surface area (Å²) in [5.74, 6) is 2.08. The number of H-pyrrole nitrogens is 1. The van der Waals surface area contributed by atoms with Crippen molar-refractivity contribution in [2.24, 2.45) is 16.8 Å². The lowest BCUT2D eigenvalue weighted by Crippen LogP contribution is -2.44. The number of aromatic nitrogens is 6. The number of nitrogens with one attached hydrogen (secondary N) is 4. The highest BCUT2D eigenvalue weighted by molar-refractivity contribution is 8.15. The maximum Gasteiger partial charge on any atom is 0.341 e. The minimum Gasteiger partial charge on any atom is -0.496 e. The van der Waals surface area contributed by atoms with E-state index in [4.69, 9.17) is 102 Å². The number of sulfone groups is 1. The molecule has 1 saturated carbocycles. The van der Waals surface area contributed by atoms with E-state index < -0.39 is 32.6 Å². The van der Waals surface area contributed by atoms with Crippen LogP contribution in [0.3, 0.4) is 0 Å². The van der Waals surface area contributed by atoms with Crippen LogP contribution in [-0.2, 0) is 95.1 Å². The largest absolute Gasteiger partial charge is 0.496 e. The number of Topliss-reactive ketones (excluding diaryl/α,β-unsaturated/α-hetero) is 1. The van der Waals surface area contributed by atoms with Crippen molar-refractivity contribution in [2.45, 2.75) is 168 Å². The van der Waals surface area contributed by atoms with E-state index in [-0.39, 0.29) is 96.4 Å². The van der Waals surface area contributed by atoms with Crippen molar-refractivity contribution < 1.29 is 99.6 Å². The van der Waals surface area contributed by atoms with Crippen LogP contribution in [0.4, 0.5) is 10.7 Å². The number of carboxylic acids is 1. The number of methoxy groups -OCH3 is 5. The minimum absolute atomic E-state index is 0.0182. The molecule has 16 rings (SSSR count). The van der Waals surface area contributed by atoms with E-state index in [9.17, 15) is 62.1 Å². The quantitative estimate of drug-likeness (QED) is 0.00891. The number of aromatic amines is 1. The van der Waals surface area contributed by atoms with Gasteiger partial charge in [0.25, 0.3) is 5.91 Å². The van der Waals surface area contributed by atoms with Gasteiger partial charge in [0.2, 0.25) is 11.8 Å². The molecule has 1 saturated heterocycles. The molecule has 7 heterocycles. The third-order valence-corrected chi connectivity index (χ3v) is 29.1. The number of aryl methyl sites for hydroxylation is 4. The zero-order valence-electron chi connectivity index (χ0n) is 82.0.